The molecule has 5 heteroatoms. The minimum absolute atomic E-state index is 0.596. The molecular formula is C13H15N5. The predicted octanol–water partition coefficient (Wildman–Crippen LogP) is 1.92. The highest BCUT2D eigenvalue weighted by molar-refractivity contribution is 5.55. The summed E-state index contributed by atoms with van der Waals surface area (Å²) < 4.78 is 1.83. The van der Waals surface area contributed by atoms with Crippen LogP contribution in [-0.2, 0) is 13.6 Å². The Labute approximate surface area is 106 Å². The number of pyridine rings is 1. The Morgan fingerprint density at radius 3 is 2.83 bits per heavy atom. The van der Waals surface area contributed by atoms with Gasteiger partial charge in [-0.05, 0) is 25.5 Å². The van der Waals surface area contributed by atoms with E-state index in [0.717, 1.165) is 16.8 Å². The van der Waals surface area contributed by atoms with Crippen LogP contribution in [0.1, 0.15) is 22.4 Å². The molecule has 0 radical (unpaired) electrons. The zero-order valence-electron chi connectivity index (χ0n) is 10.7. The van der Waals surface area contributed by atoms with Crippen LogP contribution in [0.15, 0.2) is 18.5 Å². The third-order valence-corrected chi connectivity index (χ3v) is 3.05. The summed E-state index contributed by atoms with van der Waals surface area (Å²) in [6.45, 7) is 4.53. The summed E-state index contributed by atoms with van der Waals surface area (Å²) in [5, 5.41) is 16.5. The van der Waals surface area contributed by atoms with Crippen LogP contribution in [0, 0.1) is 25.2 Å². The highest BCUT2D eigenvalue weighted by Gasteiger charge is 2.08. The molecule has 0 unspecified atom stereocenters. The van der Waals surface area contributed by atoms with Crippen molar-refractivity contribution in [2.45, 2.75) is 20.4 Å². The first-order valence-corrected chi connectivity index (χ1v) is 5.70. The van der Waals surface area contributed by atoms with E-state index in [4.69, 9.17) is 5.26 Å². The number of hydrogen-bond donors (Lipinski definition) is 1. The molecule has 0 bridgehead atoms. The van der Waals surface area contributed by atoms with Crippen molar-refractivity contribution in [1.82, 2.24) is 14.8 Å². The van der Waals surface area contributed by atoms with Gasteiger partial charge in [-0.2, -0.15) is 10.4 Å². The predicted molar refractivity (Wildman–Crippen MR) is 69.0 cm³/mol. The highest BCUT2D eigenvalue weighted by atomic mass is 15.3. The van der Waals surface area contributed by atoms with Crippen molar-refractivity contribution in [1.29, 1.82) is 5.26 Å². The number of nitriles is 1. The van der Waals surface area contributed by atoms with Gasteiger partial charge >= 0.3 is 0 Å². The molecule has 2 aromatic rings. The van der Waals surface area contributed by atoms with E-state index < -0.39 is 0 Å². The minimum Gasteiger partial charge on any atom is -0.365 e. The number of anilines is 1. The lowest BCUT2D eigenvalue weighted by Gasteiger charge is -2.08. The van der Waals surface area contributed by atoms with E-state index in [-0.39, 0.29) is 0 Å². The fourth-order valence-corrected chi connectivity index (χ4v) is 1.73. The van der Waals surface area contributed by atoms with Gasteiger partial charge in [-0.15, -0.1) is 0 Å². The second-order valence-corrected chi connectivity index (χ2v) is 4.20. The fraction of sp³-hybridized carbons (Fsp3) is 0.308. The molecule has 92 valence electrons. The van der Waals surface area contributed by atoms with Crippen molar-refractivity contribution in [2.24, 2.45) is 7.05 Å². The van der Waals surface area contributed by atoms with Gasteiger partial charge in [0.1, 0.15) is 11.9 Å². The molecule has 1 N–H and O–H groups in total. The standard InChI is InChI=1S/C13H15N5/c1-9-4-5-15-13(12(9)6-14)16-7-11-8-17-18(3)10(11)2/h4-5,8H,7H2,1-3H3,(H,15,16). The molecule has 2 rings (SSSR count). The first kappa shape index (κ1) is 12.1. The van der Waals surface area contributed by atoms with E-state index in [9.17, 15) is 0 Å². The van der Waals surface area contributed by atoms with E-state index in [1.165, 1.54) is 0 Å². The second-order valence-electron chi connectivity index (χ2n) is 4.20. The topological polar surface area (TPSA) is 66.5 Å². The van der Waals surface area contributed by atoms with Crippen molar-refractivity contribution in [2.75, 3.05) is 5.32 Å². The molecule has 0 amide bonds. The number of aromatic nitrogens is 3. The summed E-state index contributed by atoms with van der Waals surface area (Å²) >= 11 is 0. The van der Waals surface area contributed by atoms with Gasteiger partial charge in [0.2, 0.25) is 0 Å². The zero-order chi connectivity index (χ0) is 13.1. The monoisotopic (exact) mass is 241 g/mol. The van der Waals surface area contributed by atoms with Crippen molar-refractivity contribution in [3.63, 3.8) is 0 Å². The number of hydrogen-bond acceptors (Lipinski definition) is 4. The third-order valence-electron chi connectivity index (χ3n) is 3.05. The molecule has 0 aliphatic heterocycles. The summed E-state index contributed by atoms with van der Waals surface area (Å²) in [5.41, 5.74) is 3.73. The lowest BCUT2D eigenvalue weighted by Crippen LogP contribution is -2.05. The molecule has 0 aliphatic rings. The van der Waals surface area contributed by atoms with Gasteiger partial charge in [0.05, 0.1) is 11.8 Å². The quantitative estimate of drug-likeness (QED) is 0.891. The normalized spacial score (nSPS) is 10.1. The first-order valence-electron chi connectivity index (χ1n) is 5.70. The summed E-state index contributed by atoms with van der Waals surface area (Å²) in [4.78, 5) is 4.20. The Balaban J connectivity index is 2.19. The van der Waals surface area contributed by atoms with Gasteiger partial charge in [0.25, 0.3) is 0 Å². The van der Waals surface area contributed by atoms with Gasteiger partial charge in [-0.3, -0.25) is 4.68 Å². The molecule has 2 aromatic heterocycles. The Bertz CT molecular complexity index is 606. The van der Waals surface area contributed by atoms with Gasteiger partial charge in [0.15, 0.2) is 0 Å². The van der Waals surface area contributed by atoms with Crippen LogP contribution < -0.4 is 5.32 Å². The average Bonchev–Trinajstić information content (AvgIpc) is 2.68. The lowest BCUT2D eigenvalue weighted by molar-refractivity contribution is 0.738. The van der Waals surface area contributed by atoms with Gasteiger partial charge in [0, 0.05) is 31.0 Å². The Kier molecular flexibility index (Phi) is 3.28. The van der Waals surface area contributed by atoms with Crippen LogP contribution in [0.5, 0.6) is 0 Å². The van der Waals surface area contributed by atoms with Gasteiger partial charge in [-0.25, -0.2) is 4.98 Å². The molecule has 0 aromatic carbocycles. The SMILES string of the molecule is Cc1ccnc(NCc2cnn(C)c2C)c1C#N. The lowest BCUT2D eigenvalue weighted by atomic mass is 10.1. The Morgan fingerprint density at radius 2 is 2.22 bits per heavy atom. The summed E-state index contributed by atoms with van der Waals surface area (Å²) in [6, 6.07) is 4.01. The average molecular weight is 241 g/mol. The molecule has 5 nitrogen and oxygen atoms in total. The summed E-state index contributed by atoms with van der Waals surface area (Å²) in [7, 11) is 1.91. The summed E-state index contributed by atoms with van der Waals surface area (Å²) in [6.07, 6.45) is 3.53. The molecular weight excluding hydrogens is 226 g/mol. The van der Waals surface area contributed by atoms with E-state index in [0.29, 0.717) is 17.9 Å². The molecule has 0 atom stereocenters. The Morgan fingerprint density at radius 1 is 1.44 bits per heavy atom. The molecule has 2 heterocycles. The zero-order valence-corrected chi connectivity index (χ0v) is 10.7. The molecule has 0 spiro atoms. The van der Waals surface area contributed by atoms with E-state index >= 15 is 0 Å². The van der Waals surface area contributed by atoms with Crippen LogP contribution in [0.4, 0.5) is 5.82 Å². The maximum atomic E-state index is 9.11. The fourth-order valence-electron chi connectivity index (χ4n) is 1.73. The van der Waals surface area contributed by atoms with Gasteiger partial charge in [-0.1, -0.05) is 0 Å². The highest BCUT2D eigenvalue weighted by Crippen LogP contribution is 2.16. The van der Waals surface area contributed by atoms with Crippen LogP contribution in [-0.4, -0.2) is 14.8 Å². The van der Waals surface area contributed by atoms with Gasteiger partial charge < -0.3 is 5.32 Å². The van der Waals surface area contributed by atoms with E-state index in [1.54, 1.807) is 6.20 Å². The number of rotatable bonds is 3. The van der Waals surface area contributed by atoms with Crippen LogP contribution in [0.3, 0.4) is 0 Å². The minimum atomic E-state index is 0.596. The van der Waals surface area contributed by atoms with Crippen LogP contribution >= 0.6 is 0 Å². The van der Waals surface area contributed by atoms with E-state index in [2.05, 4.69) is 21.5 Å². The van der Waals surface area contributed by atoms with Crippen molar-refractivity contribution < 1.29 is 0 Å². The van der Waals surface area contributed by atoms with Crippen molar-refractivity contribution in [3.8, 4) is 6.07 Å². The molecule has 0 fully saturated rings. The number of aryl methyl sites for hydroxylation is 2. The number of nitrogens with one attached hydrogen (secondary N) is 1. The van der Waals surface area contributed by atoms with Crippen LogP contribution in [0.2, 0.25) is 0 Å². The largest absolute Gasteiger partial charge is 0.365 e. The third kappa shape index (κ3) is 2.18. The van der Waals surface area contributed by atoms with E-state index in [1.807, 2.05) is 37.8 Å². The maximum absolute atomic E-state index is 9.11. The number of nitrogens with zero attached hydrogens (tertiary/aromatic N) is 4. The summed E-state index contributed by atoms with van der Waals surface area (Å²) in [5.74, 6) is 0.626. The molecule has 18 heavy (non-hydrogen) atoms. The van der Waals surface area contributed by atoms with Crippen molar-refractivity contribution in [3.05, 3.63) is 40.8 Å². The Hall–Kier alpha value is -2.35. The van der Waals surface area contributed by atoms with Crippen molar-refractivity contribution >= 4 is 5.82 Å². The second kappa shape index (κ2) is 4.88. The molecule has 0 saturated heterocycles. The van der Waals surface area contributed by atoms with Crippen LogP contribution in [0.25, 0.3) is 0 Å². The maximum Gasteiger partial charge on any atom is 0.144 e. The first-order chi connectivity index (χ1) is 8.63. The molecule has 0 saturated carbocycles. The smallest absolute Gasteiger partial charge is 0.144 e. The molecule has 0 aliphatic carbocycles.